The van der Waals surface area contributed by atoms with Crippen LogP contribution in [-0.4, -0.2) is 23.8 Å². The standard InChI is InChI=1S/C13H24O3/c1-2-3-4-8-13(15)16-10-11-6-5-7-12(14)9-11/h11-12,14H,2-10H2,1H3. The molecule has 0 spiro atoms. The Balaban J connectivity index is 2.06. The van der Waals surface area contributed by atoms with E-state index in [9.17, 15) is 9.90 Å². The summed E-state index contributed by atoms with van der Waals surface area (Å²) in [7, 11) is 0. The van der Waals surface area contributed by atoms with Gasteiger partial charge in [-0.25, -0.2) is 0 Å². The first-order chi connectivity index (χ1) is 7.72. The minimum atomic E-state index is -0.183. The summed E-state index contributed by atoms with van der Waals surface area (Å²) in [6.07, 6.45) is 7.35. The maximum Gasteiger partial charge on any atom is 0.305 e. The highest BCUT2D eigenvalue weighted by molar-refractivity contribution is 5.69. The second-order valence-electron chi connectivity index (χ2n) is 4.83. The first kappa shape index (κ1) is 13.5. The molecule has 16 heavy (non-hydrogen) atoms. The summed E-state index contributed by atoms with van der Waals surface area (Å²) in [5.74, 6) is 0.299. The molecule has 2 atom stereocenters. The molecule has 0 saturated heterocycles. The van der Waals surface area contributed by atoms with Gasteiger partial charge in [0.2, 0.25) is 0 Å². The highest BCUT2D eigenvalue weighted by atomic mass is 16.5. The maximum absolute atomic E-state index is 11.4. The number of rotatable bonds is 6. The van der Waals surface area contributed by atoms with Gasteiger partial charge in [0.1, 0.15) is 0 Å². The lowest BCUT2D eigenvalue weighted by molar-refractivity contribution is -0.145. The second-order valence-corrected chi connectivity index (χ2v) is 4.83. The summed E-state index contributed by atoms with van der Waals surface area (Å²) in [6, 6.07) is 0. The van der Waals surface area contributed by atoms with Crippen LogP contribution < -0.4 is 0 Å². The molecular weight excluding hydrogens is 204 g/mol. The van der Waals surface area contributed by atoms with Gasteiger partial charge in [0.05, 0.1) is 12.7 Å². The van der Waals surface area contributed by atoms with Gasteiger partial charge in [0, 0.05) is 6.42 Å². The summed E-state index contributed by atoms with van der Waals surface area (Å²) in [5, 5.41) is 9.48. The van der Waals surface area contributed by atoms with Gasteiger partial charge in [0.25, 0.3) is 0 Å². The molecular formula is C13H24O3. The van der Waals surface area contributed by atoms with E-state index in [2.05, 4.69) is 6.92 Å². The molecule has 0 aromatic heterocycles. The highest BCUT2D eigenvalue weighted by Gasteiger charge is 2.21. The van der Waals surface area contributed by atoms with Gasteiger partial charge in [-0.05, 0) is 31.6 Å². The molecule has 0 aromatic rings. The van der Waals surface area contributed by atoms with E-state index in [1.54, 1.807) is 0 Å². The van der Waals surface area contributed by atoms with Crippen molar-refractivity contribution < 1.29 is 14.6 Å². The summed E-state index contributed by atoms with van der Waals surface area (Å²) < 4.78 is 5.23. The lowest BCUT2D eigenvalue weighted by atomic mass is 9.88. The van der Waals surface area contributed by atoms with E-state index in [-0.39, 0.29) is 12.1 Å². The first-order valence-electron chi connectivity index (χ1n) is 6.56. The number of carbonyl (C=O) groups is 1. The molecule has 1 rings (SSSR count). The summed E-state index contributed by atoms with van der Waals surface area (Å²) in [6.45, 7) is 2.62. The van der Waals surface area contributed by atoms with Crippen molar-refractivity contribution in [1.29, 1.82) is 0 Å². The van der Waals surface area contributed by atoms with Crippen LogP contribution in [0.5, 0.6) is 0 Å². The van der Waals surface area contributed by atoms with Gasteiger partial charge in [-0.3, -0.25) is 4.79 Å². The average Bonchev–Trinajstić information content (AvgIpc) is 2.27. The molecule has 3 nitrogen and oxygen atoms in total. The topological polar surface area (TPSA) is 46.5 Å². The fraction of sp³-hybridized carbons (Fsp3) is 0.923. The number of aliphatic hydroxyl groups excluding tert-OH is 1. The maximum atomic E-state index is 11.4. The van der Waals surface area contributed by atoms with Gasteiger partial charge in [-0.1, -0.05) is 26.2 Å². The van der Waals surface area contributed by atoms with Crippen molar-refractivity contribution in [3.63, 3.8) is 0 Å². The largest absolute Gasteiger partial charge is 0.465 e. The Bertz CT molecular complexity index is 203. The van der Waals surface area contributed by atoms with Crippen LogP contribution in [0.25, 0.3) is 0 Å². The third-order valence-corrected chi connectivity index (χ3v) is 3.22. The SMILES string of the molecule is CCCCCC(=O)OCC1CCCC(O)C1. The molecule has 1 aliphatic carbocycles. The van der Waals surface area contributed by atoms with E-state index >= 15 is 0 Å². The van der Waals surface area contributed by atoms with Crippen molar-refractivity contribution in [2.24, 2.45) is 5.92 Å². The van der Waals surface area contributed by atoms with Gasteiger partial charge in [0.15, 0.2) is 0 Å². The third kappa shape index (κ3) is 5.50. The van der Waals surface area contributed by atoms with Crippen LogP contribution in [0.2, 0.25) is 0 Å². The van der Waals surface area contributed by atoms with Gasteiger partial charge >= 0.3 is 5.97 Å². The number of hydrogen-bond donors (Lipinski definition) is 1. The molecule has 1 N–H and O–H groups in total. The van der Waals surface area contributed by atoms with Crippen LogP contribution >= 0.6 is 0 Å². The zero-order valence-electron chi connectivity index (χ0n) is 10.3. The molecule has 0 radical (unpaired) electrons. The zero-order valence-corrected chi connectivity index (χ0v) is 10.3. The Morgan fingerprint density at radius 1 is 1.38 bits per heavy atom. The Hall–Kier alpha value is -0.570. The minimum Gasteiger partial charge on any atom is -0.465 e. The predicted octanol–water partition coefficient (Wildman–Crippen LogP) is 2.66. The lowest BCUT2D eigenvalue weighted by Crippen LogP contribution is -2.24. The average molecular weight is 228 g/mol. The monoisotopic (exact) mass is 228 g/mol. The number of hydrogen-bond acceptors (Lipinski definition) is 3. The Labute approximate surface area is 98.2 Å². The van der Waals surface area contributed by atoms with E-state index in [1.165, 1.54) is 0 Å². The Kier molecular flexibility index (Phi) is 6.46. The zero-order chi connectivity index (χ0) is 11.8. The van der Waals surface area contributed by atoms with Crippen molar-refractivity contribution in [1.82, 2.24) is 0 Å². The van der Waals surface area contributed by atoms with Crippen molar-refractivity contribution in [3.8, 4) is 0 Å². The van der Waals surface area contributed by atoms with Crippen LogP contribution in [0, 0.1) is 5.92 Å². The molecule has 94 valence electrons. The number of esters is 1. The number of ether oxygens (including phenoxy) is 1. The van der Waals surface area contributed by atoms with Gasteiger partial charge in [-0.2, -0.15) is 0 Å². The highest BCUT2D eigenvalue weighted by Crippen LogP contribution is 2.24. The van der Waals surface area contributed by atoms with Crippen LogP contribution in [0.4, 0.5) is 0 Å². The quantitative estimate of drug-likeness (QED) is 0.561. The molecule has 0 amide bonds. The molecule has 0 bridgehead atoms. The van der Waals surface area contributed by atoms with Crippen LogP contribution in [0.3, 0.4) is 0 Å². The van der Waals surface area contributed by atoms with E-state index in [0.29, 0.717) is 18.9 Å². The van der Waals surface area contributed by atoms with E-state index in [4.69, 9.17) is 4.74 Å². The normalized spacial score (nSPS) is 25.4. The molecule has 2 unspecified atom stereocenters. The smallest absolute Gasteiger partial charge is 0.305 e. The van der Waals surface area contributed by atoms with Crippen molar-refractivity contribution in [2.75, 3.05) is 6.61 Å². The Morgan fingerprint density at radius 3 is 2.88 bits per heavy atom. The lowest BCUT2D eigenvalue weighted by Gasteiger charge is -2.25. The molecule has 0 heterocycles. The van der Waals surface area contributed by atoms with Crippen LogP contribution in [-0.2, 0) is 9.53 Å². The fourth-order valence-corrected chi connectivity index (χ4v) is 2.22. The van der Waals surface area contributed by atoms with Gasteiger partial charge in [-0.15, -0.1) is 0 Å². The van der Waals surface area contributed by atoms with Crippen LogP contribution in [0.1, 0.15) is 58.3 Å². The van der Waals surface area contributed by atoms with E-state index in [0.717, 1.165) is 44.9 Å². The second kappa shape index (κ2) is 7.66. The third-order valence-electron chi connectivity index (χ3n) is 3.22. The summed E-state index contributed by atoms with van der Waals surface area (Å²) >= 11 is 0. The fourth-order valence-electron chi connectivity index (χ4n) is 2.22. The minimum absolute atomic E-state index is 0.0755. The summed E-state index contributed by atoms with van der Waals surface area (Å²) in [4.78, 5) is 11.4. The number of unbranched alkanes of at least 4 members (excludes halogenated alkanes) is 2. The predicted molar refractivity (Wildman–Crippen MR) is 63.1 cm³/mol. The molecule has 1 aliphatic rings. The van der Waals surface area contributed by atoms with Gasteiger partial charge < -0.3 is 9.84 Å². The van der Waals surface area contributed by atoms with Crippen molar-refractivity contribution in [2.45, 2.75) is 64.4 Å². The van der Waals surface area contributed by atoms with Crippen LogP contribution in [0.15, 0.2) is 0 Å². The number of aliphatic hydroxyl groups is 1. The molecule has 1 saturated carbocycles. The van der Waals surface area contributed by atoms with Crippen molar-refractivity contribution >= 4 is 5.97 Å². The summed E-state index contributed by atoms with van der Waals surface area (Å²) in [5.41, 5.74) is 0. The molecule has 0 aromatic carbocycles. The number of carbonyl (C=O) groups excluding carboxylic acids is 1. The van der Waals surface area contributed by atoms with E-state index in [1.807, 2.05) is 0 Å². The molecule has 3 heteroatoms. The molecule has 1 fully saturated rings. The molecule has 0 aliphatic heterocycles. The Morgan fingerprint density at radius 2 is 2.19 bits per heavy atom. The van der Waals surface area contributed by atoms with E-state index < -0.39 is 0 Å². The first-order valence-corrected chi connectivity index (χ1v) is 6.56. The van der Waals surface area contributed by atoms with Crippen molar-refractivity contribution in [3.05, 3.63) is 0 Å².